The van der Waals surface area contributed by atoms with Crippen molar-refractivity contribution >= 4 is 33.3 Å². The van der Waals surface area contributed by atoms with E-state index < -0.39 is 10.8 Å². The third-order valence-electron chi connectivity index (χ3n) is 3.04. The molecule has 7 heteroatoms. The van der Waals surface area contributed by atoms with Crippen molar-refractivity contribution in [3.63, 3.8) is 0 Å². The molecular weight excluding hydrogens is 288 g/mol. The van der Waals surface area contributed by atoms with E-state index in [-0.39, 0.29) is 11.6 Å². The summed E-state index contributed by atoms with van der Waals surface area (Å²) in [5.41, 5.74) is 4.19. The SMILES string of the molecule is CCS(=O)CCNC(=O)c1cc(NN)c2ccccc2n1. The number of hydrogen-bond acceptors (Lipinski definition) is 5. The van der Waals surface area contributed by atoms with Crippen LogP contribution in [0.3, 0.4) is 0 Å². The molecule has 1 unspecified atom stereocenters. The highest BCUT2D eigenvalue weighted by Gasteiger charge is 2.11. The second kappa shape index (κ2) is 7.14. The molecule has 0 bridgehead atoms. The summed E-state index contributed by atoms with van der Waals surface area (Å²) in [5.74, 6) is 6.22. The van der Waals surface area contributed by atoms with Crippen molar-refractivity contribution in [2.24, 2.45) is 5.84 Å². The molecule has 1 aromatic heterocycles. The van der Waals surface area contributed by atoms with Gasteiger partial charge >= 0.3 is 0 Å². The van der Waals surface area contributed by atoms with Gasteiger partial charge in [0.15, 0.2) is 0 Å². The van der Waals surface area contributed by atoms with E-state index in [4.69, 9.17) is 5.84 Å². The van der Waals surface area contributed by atoms with E-state index in [9.17, 15) is 9.00 Å². The molecule has 0 saturated heterocycles. The third-order valence-corrected chi connectivity index (χ3v) is 4.35. The van der Waals surface area contributed by atoms with E-state index in [0.717, 1.165) is 5.39 Å². The minimum Gasteiger partial charge on any atom is -0.350 e. The van der Waals surface area contributed by atoms with E-state index in [2.05, 4.69) is 15.7 Å². The van der Waals surface area contributed by atoms with Gasteiger partial charge in [0.1, 0.15) is 5.69 Å². The number of carbonyl (C=O) groups excluding carboxylic acids is 1. The average Bonchev–Trinajstić information content (AvgIpc) is 2.53. The summed E-state index contributed by atoms with van der Waals surface area (Å²) in [4.78, 5) is 16.4. The fourth-order valence-corrected chi connectivity index (χ4v) is 2.54. The van der Waals surface area contributed by atoms with Crippen molar-refractivity contribution in [2.75, 3.05) is 23.5 Å². The Balaban J connectivity index is 2.17. The molecule has 0 spiro atoms. The van der Waals surface area contributed by atoms with Crippen LogP contribution in [0.1, 0.15) is 17.4 Å². The molecule has 2 rings (SSSR count). The van der Waals surface area contributed by atoms with Crippen LogP contribution >= 0.6 is 0 Å². The number of rotatable bonds is 6. The normalized spacial score (nSPS) is 12.1. The first-order valence-corrected chi connectivity index (χ1v) is 8.14. The molecule has 1 aromatic carbocycles. The topological polar surface area (TPSA) is 97.1 Å². The predicted octanol–water partition coefficient (Wildman–Crippen LogP) is 1.02. The molecule has 0 aliphatic heterocycles. The van der Waals surface area contributed by atoms with Crippen LogP contribution in [-0.2, 0) is 10.8 Å². The highest BCUT2D eigenvalue weighted by atomic mass is 32.2. The maximum Gasteiger partial charge on any atom is 0.270 e. The number of hydrogen-bond donors (Lipinski definition) is 3. The van der Waals surface area contributed by atoms with Crippen molar-refractivity contribution in [2.45, 2.75) is 6.92 Å². The molecule has 2 aromatic rings. The Morgan fingerprint density at radius 3 is 2.86 bits per heavy atom. The van der Waals surface area contributed by atoms with Gasteiger partial charge in [-0.15, -0.1) is 0 Å². The number of nitrogens with two attached hydrogens (primary N) is 1. The zero-order valence-corrected chi connectivity index (χ0v) is 12.6. The minimum atomic E-state index is -0.896. The lowest BCUT2D eigenvalue weighted by Gasteiger charge is -2.09. The standard InChI is InChI=1S/C14H18N4O2S/c1-2-21(20)8-7-16-14(19)13-9-12(18-15)10-5-3-4-6-11(10)17-13/h3-6,9H,2,7-8,15H2,1H3,(H,16,19)(H,17,18). The smallest absolute Gasteiger partial charge is 0.270 e. The van der Waals surface area contributed by atoms with E-state index in [1.807, 2.05) is 31.2 Å². The molecule has 21 heavy (non-hydrogen) atoms. The predicted molar refractivity (Wildman–Crippen MR) is 85.4 cm³/mol. The van der Waals surface area contributed by atoms with Gasteiger partial charge < -0.3 is 10.7 Å². The zero-order valence-electron chi connectivity index (χ0n) is 11.8. The molecule has 0 aliphatic carbocycles. The van der Waals surface area contributed by atoms with E-state index in [1.54, 1.807) is 6.07 Å². The monoisotopic (exact) mass is 306 g/mol. The Morgan fingerprint density at radius 1 is 1.38 bits per heavy atom. The van der Waals surface area contributed by atoms with Crippen molar-refractivity contribution in [1.82, 2.24) is 10.3 Å². The van der Waals surface area contributed by atoms with Gasteiger partial charge in [-0.3, -0.25) is 14.8 Å². The number of pyridine rings is 1. The maximum atomic E-state index is 12.1. The quantitative estimate of drug-likeness (QED) is 0.547. The number of benzene rings is 1. The number of anilines is 1. The summed E-state index contributed by atoms with van der Waals surface area (Å²) in [6.07, 6.45) is 0. The molecule has 6 nitrogen and oxygen atoms in total. The van der Waals surface area contributed by atoms with Crippen LogP contribution in [0.25, 0.3) is 10.9 Å². The first kappa shape index (κ1) is 15.4. The van der Waals surface area contributed by atoms with Crippen LogP contribution in [-0.4, -0.2) is 33.2 Å². The van der Waals surface area contributed by atoms with Gasteiger partial charge in [0.2, 0.25) is 0 Å². The molecule has 112 valence electrons. The molecule has 1 atom stereocenters. The summed E-state index contributed by atoms with van der Waals surface area (Å²) in [6, 6.07) is 9.03. The molecule has 1 amide bonds. The van der Waals surface area contributed by atoms with E-state index in [1.165, 1.54) is 0 Å². The van der Waals surface area contributed by atoms with Gasteiger partial charge in [-0.05, 0) is 12.1 Å². The molecule has 1 heterocycles. The second-order valence-corrected chi connectivity index (χ2v) is 6.27. The third kappa shape index (κ3) is 3.77. The first-order valence-electron chi connectivity index (χ1n) is 6.65. The minimum absolute atomic E-state index is 0.281. The Bertz CT molecular complexity index is 675. The summed E-state index contributed by atoms with van der Waals surface area (Å²) >= 11 is 0. The van der Waals surface area contributed by atoms with Crippen molar-refractivity contribution in [3.8, 4) is 0 Å². The number of amides is 1. The first-order chi connectivity index (χ1) is 10.2. The van der Waals surface area contributed by atoms with Crippen LogP contribution in [0.2, 0.25) is 0 Å². The van der Waals surface area contributed by atoms with Crippen LogP contribution in [0, 0.1) is 0 Å². The highest BCUT2D eigenvalue weighted by Crippen LogP contribution is 2.22. The molecule has 0 fully saturated rings. The highest BCUT2D eigenvalue weighted by molar-refractivity contribution is 7.84. The molecular formula is C14H18N4O2S. The summed E-state index contributed by atoms with van der Waals surface area (Å²) in [7, 11) is -0.896. The fourth-order valence-electron chi connectivity index (χ4n) is 1.92. The lowest BCUT2D eigenvalue weighted by Crippen LogP contribution is -2.29. The lowest BCUT2D eigenvalue weighted by atomic mass is 10.1. The van der Waals surface area contributed by atoms with Crippen LogP contribution in [0.15, 0.2) is 30.3 Å². The molecule has 4 N–H and O–H groups in total. The van der Waals surface area contributed by atoms with Gasteiger partial charge in [-0.25, -0.2) is 4.98 Å². The van der Waals surface area contributed by atoms with Crippen LogP contribution in [0.5, 0.6) is 0 Å². The zero-order chi connectivity index (χ0) is 15.2. The number of nitrogen functional groups attached to an aromatic ring is 1. The maximum absolute atomic E-state index is 12.1. The second-order valence-electron chi connectivity index (χ2n) is 4.41. The molecule has 0 radical (unpaired) electrons. The number of aromatic nitrogens is 1. The fraction of sp³-hybridized carbons (Fsp3) is 0.286. The van der Waals surface area contributed by atoms with Gasteiger partial charge in [0.05, 0.1) is 11.2 Å². The Hall–Kier alpha value is -1.99. The number of hydrazine groups is 1. The summed E-state index contributed by atoms with van der Waals surface area (Å²) in [6.45, 7) is 2.21. The van der Waals surface area contributed by atoms with Crippen LogP contribution in [0.4, 0.5) is 5.69 Å². The van der Waals surface area contributed by atoms with E-state index >= 15 is 0 Å². The number of para-hydroxylation sites is 1. The van der Waals surface area contributed by atoms with Gasteiger partial charge in [0, 0.05) is 34.2 Å². The lowest BCUT2D eigenvalue weighted by molar-refractivity contribution is 0.0951. The number of nitrogens with zero attached hydrogens (tertiary/aromatic N) is 1. The van der Waals surface area contributed by atoms with Crippen LogP contribution < -0.4 is 16.6 Å². The van der Waals surface area contributed by atoms with Gasteiger partial charge in [0.25, 0.3) is 5.91 Å². The van der Waals surface area contributed by atoms with Gasteiger partial charge in [-0.1, -0.05) is 25.1 Å². The van der Waals surface area contributed by atoms with Crippen molar-refractivity contribution in [1.29, 1.82) is 0 Å². The summed E-state index contributed by atoms with van der Waals surface area (Å²) < 4.78 is 11.3. The Morgan fingerprint density at radius 2 is 2.14 bits per heavy atom. The van der Waals surface area contributed by atoms with Crippen molar-refractivity contribution in [3.05, 3.63) is 36.0 Å². The summed E-state index contributed by atoms with van der Waals surface area (Å²) in [5, 5.41) is 3.57. The Kier molecular flexibility index (Phi) is 5.24. The number of nitrogens with one attached hydrogen (secondary N) is 2. The largest absolute Gasteiger partial charge is 0.350 e. The van der Waals surface area contributed by atoms with Crippen molar-refractivity contribution < 1.29 is 9.00 Å². The number of carbonyl (C=O) groups is 1. The average molecular weight is 306 g/mol. The Labute approximate surface area is 125 Å². The number of fused-ring (bicyclic) bond motifs is 1. The molecule has 0 aliphatic rings. The molecule has 0 saturated carbocycles. The van der Waals surface area contributed by atoms with E-state index in [0.29, 0.717) is 29.3 Å². The van der Waals surface area contributed by atoms with Gasteiger partial charge in [-0.2, -0.15) is 0 Å².